The Bertz CT molecular complexity index is 136. The molecule has 0 aromatic heterocycles. The van der Waals surface area contributed by atoms with Crippen molar-refractivity contribution < 1.29 is 17.4 Å². The summed E-state index contributed by atoms with van der Waals surface area (Å²) in [4.78, 5) is 0. The van der Waals surface area contributed by atoms with E-state index in [4.69, 9.17) is 5.73 Å². The lowest BCUT2D eigenvalue weighted by Gasteiger charge is -2.04. The van der Waals surface area contributed by atoms with E-state index in [2.05, 4.69) is 0 Å². The Morgan fingerprint density at radius 3 is 2.27 bits per heavy atom. The van der Waals surface area contributed by atoms with Gasteiger partial charge in [0.25, 0.3) is 0 Å². The first-order valence-corrected chi connectivity index (χ1v) is 4.56. The Morgan fingerprint density at radius 1 is 1.36 bits per heavy atom. The Morgan fingerprint density at radius 2 is 1.91 bits per heavy atom. The molecular weight excluding hydrogens is 179 g/mol. The molecule has 68 valence electrons. The average molecular weight is 189 g/mol. The van der Waals surface area contributed by atoms with Gasteiger partial charge in [-0.2, -0.15) is 13.2 Å². The maximum absolute atomic E-state index is 11.5. The fourth-order valence-electron chi connectivity index (χ4n) is 0.499. The van der Waals surface area contributed by atoms with E-state index in [1.54, 1.807) is 0 Å². The first-order valence-electron chi connectivity index (χ1n) is 3.07. The summed E-state index contributed by atoms with van der Waals surface area (Å²) in [5.74, 6) is -1.18. The molecular formula is C5H10F3NOS. The zero-order valence-electron chi connectivity index (χ0n) is 5.86. The van der Waals surface area contributed by atoms with Crippen LogP contribution in [0, 0.1) is 0 Å². The van der Waals surface area contributed by atoms with Crippen LogP contribution in [-0.2, 0) is 10.8 Å². The van der Waals surface area contributed by atoms with Gasteiger partial charge < -0.3 is 5.73 Å². The molecule has 0 saturated heterocycles. The molecule has 0 rings (SSSR count). The molecule has 1 unspecified atom stereocenters. The predicted molar refractivity (Wildman–Crippen MR) is 37.6 cm³/mol. The van der Waals surface area contributed by atoms with Crippen molar-refractivity contribution in [1.29, 1.82) is 0 Å². The molecule has 0 amide bonds. The topological polar surface area (TPSA) is 43.1 Å². The maximum atomic E-state index is 11.5. The molecule has 0 aliphatic rings. The van der Waals surface area contributed by atoms with Crippen LogP contribution in [0.2, 0.25) is 0 Å². The molecule has 0 spiro atoms. The van der Waals surface area contributed by atoms with E-state index in [9.17, 15) is 17.4 Å². The largest absolute Gasteiger partial charge is 0.400 e. The van der Waals surface area contributed by atoms with Crippen LogP contribution in [0.5, 0.6) is 0 Å². The molecule has 0 bridgehead atoms. The van der Waals surface area contributed by atoms with Crippen LogP contribution >= 0.6 is 0 Å². The van der Waals surface area contributed by atoms with Gasteiger partial charge in [0.2, 0.25) is 0 Å². The van der Waals surface area contributed by atoms with E-state index in [0.717, 1.165) is 0 Å². The molecule has 2 nitrogen and oxygen atoms in total. The third kappa shape index (κ3) is 7.80. The van der Waals surface area contributed by atoms with Crippen molar-refractivity contribution in [2.45, 2.75) is 12.6 Å². The molecule has 0 aromatic carbocycles. The fraction of sp³-hybridized carbons (Fsp3) is 1.00. The zero-order chi connectivity index (χ0) is 8.91. The lowest BCUT2D eigenvalue weighted by molar-refractivity contribution is -0.105. The Hall–Kier alpha value is -0.100. The van der Waals surface area contributed by atoms with Gasteiger partial charge >= 0.3 is 6.18 Å². The highest BCUT2D eigenvalue weighted by atomic mass is 32.2. The first-order chi connectivity index (χ1) is 4.95. The van der Waals surface area contributed by atoms with Gasteiger partial charge in [0.1, 0.15) is 5.75 Å². The molecule has 0 saturated carbocycles. The van der Waals surface area contributed by atoms with Crippen molar-refractivity contribution in [2.24, 2.45) is 5.73 Å². The van der Waals surface area contributed by atoms with E-state index in [1.807, 2.05) is 0 Å². The van der Waals surface area contributed by atoms with Gasteiger partial charge in [-0.25, -0.2) is 0 Å². The van der Waals surface area contributed by atoms with Crippen molar-refractivity contribution in [1.82, 2.24) is 0 Å². The van der Waals surface area contributed by atoms with Crippen LogP contribution in [0.4, 0.5) is 13.2 Å². The summed E-state index contributed by atoms with van der Waals surface area (Å²) in [5.41, 5.74) is 5.02. The van der Waals surface area contributed by atoms with E-state index in [1.165, 1.54) is 0 Å². The van der Waals surface area contributed by atoms with Crippen LogP contribution in [-0.4, -0.2) is 28.4 Å². The van der Waals surface area contributed by atoms with Gasteiger partial charge in [-0.15, -0.1) is 0 Å². The van der Waals surface area contributed by atoms with Crippen molar-refractivity contribution in [3.8, 4) is 0 Å². The number of halogens is 3. The van der Waals surface area contributed by atoms with Gasteiger partial charge in [0.15, 0.2) is 0 Å². The molecule has 6 heteroatoms. The Balaban J connectivity index is 3.53. The van der Waals surface area contributed by atoms with Crippen molar-refractivity contribution >= 4 is 10.8 Å². The van der Waals surface area contributed by atoms with E-state index in [-0.39, 0.29) is 12.3 Å². The summed E-state index contributed by atoms with van der Waals surface area (Å²) in [6.07, 6.45) is -3.94. The molecule has 11 heavy (non-hydrogen) atoms. The Labute approximate surface area is 65.4 Å². The summed E-state index contributed by atoms with van der Waals surface area (Å²) in [5, 5.41) is 0. The molecule has 0 radical (unpaired) electrons. The van der Waals surface area contributed by atoms with Crippen molar-refractivity contribution in [3.63, 3.8) is 0 Å². The average Bonchev–Trinajstić information content (AvgIpc) is 1.79. The first kappa shape index (κ1) is 10.9. The smallest absolute Gasteiger partial charge is 0.330 e. The van der Waals surface area contributed by atoms with Crippen LogP contribution in [0.15, 0.2) is 0 Å². The highest BCUT2D eigenvalue weighted by Gasteiger charge is 2.29. The van der Waals surface area contributed by atoms with Crippen molar-refractivity contribution in [2.75, 3.05) is 18.1 Å². The Kier molecular flexibility index (Phi) is 4.67. The quantitative estimate of drug-likeness (QED) is 0.705. The molecule has 0 fully saturated rings. The number of hydrogen-bond donors (Lipinski definition) is 1. The van der Waals surface area contributed by atoms with Crippen LogP contribution in [0.1, 0.15) is 6.42 Å². The standard InChI is InChI=1S/C5H10F3NOS/c6-5(7,8)4-11(10)3-1-2-9/h1-4,9H2. The molecule has 0 aliphatic heterocycles. The summed E-state index contributed by atoms with van der Waals surface area (Å²) < 4.78 is 45.1. The molecule has 0 heterocycles. The van der Waals surface area contributed by atoms with Crippen LogP contribution in [0.3, 0.4) is 0 Å². The monoisotopic (exact) mass is 189 g/mol. The van der Waals surface area contributed by atoms with Gasteiger partial charge in [0, 0.05) is 16.6 Å². The number of alkyl halides is 3. The van der Waals surface area contributed by atoms with Crippen LogP contribution in [0.25, 0.3) is 0 Å². The summed E-state index contributed by atoms with van der Waals surface area (Å²) >= 11 is 0. The molecule has 0 aliphatic carbocycles. The molecule has 2 N–H and O–H groups in total. The lowest BCUT2D eigenvalue weighted by atomic mass is 10.5. The SMILES string of the molecule is NCCCS(=O)CC(F)(F)F. The zero-order valence-corrected chi connectivity index (χ0v) is 6.67. The third-order valence-corrected chi connectivity index (χ3v) is 2.29. The number of hydrogen-bond acceptors (Lipinski definition) is 2. The minimum atomic E-state index is -4.32. The van der Waals surface area contributed by atoms with E-state index >= 15 is 0 Å². The van der Waals surface area contributed by atoms with Gasteiger partial charge in [-0.1, -0.05) is 0 Å². The minimum Gasteiger partial charge on any atom is -0.330 e. The van der Waals surface area contributed by atoms with E-state index in [0.29, 0.717) is 6.42 Å². The minimum absolute atomic E-state index is 0.0377. The maximum Gasteiger partial charge on any atom is 0.400 e. The number of rotatable bonds is 4. The highest BCUT2D eigenvalue weighted by Crippen LogP contribution is 2.15. The second kappa shape index (κ2) is 4.71. The van der Waals surface area contributed by atoms with Gasteiger partial charge in [-0.05, 0) is 13.0 Å². The normalized spacial score (nSPS) is 14.9. The summed E-state index contributed by atoms with van der Waals surface area (Å²) in [6.45, 7) is 0.281. The van der Waals surface area contributed by atoms with Crippen LogP contribution < -0.4 is 5.73 Å². The highest BCUT2D eigenvalue weighted by molar-refractivity contribution is 7.85. The van der Waals surface area contributed by atoms with Gasteiger partial charge in [-0.3, -0.25) is 4.21 Å². The molecule has 1 atom stereocenters. The second-order valence-corrected chi connectivity index (χ2v) is 3.62. The van der Waals surface area contributed by atoms with Gasteiger partial charge in [0.05, 0.1) is 0 Å². The second-order valence-electron chi connectivity index (χ2n) is 2.05. The number of nitrogens with two attached hydrogens (primary N) is 1. The predicted octanol–water partition coefficient (Wildman–Crippen LogP) is 0.646. The van der Waals surface area contributed by atoms with E-state index < -0.39 is 22.7 Å². The summed E-state index contributed by atoms with van der Waals surface area (Å²) in [6, 6.07) is 0. The fourth-order valence-corrected chi connectivity index (χ4v) is 1.50. The summed E-state index contributed by atoms with van der Waals surface area (Å²) in [7, 11) is -1.79. The third-order valence-electron chi connectivity index (χ3n) is 0.901. The molecule has 0 aromatic rings. The van der Waals surface area contributed by atoms with Crippen molar-refractivity contribution in [3.05, 3.63) is 0 Å². The lowest BCUT2D eigenvalue weighted by Crippen LogP contribution is -2.21.